The summed E-state index contributed by atoms with van der Waals surface area (Å²) in [5.74, 6) is 0.495. The van der Waals surface area contributed by atoms with Crippen LogP contribution in [0.15, 0.2) is 24.8 Å². The molecule has 0 bridgehead atoms. The zero-order valence-electron chi connectivity index (χ0n) is 10.2. The summed E-state index contributed by atoms with van der Waals surface area (Å²) in [6, 6.07) is 0. The molecule has 0 saturated carbocycles. The van der Waals surface area contributed by atoms with Crippen LogP contribution >= 0.6 is 0 Å². The third-order valence-corrected chi connectivity index (χ3v) is 2.44. The van der Waals surface area contributed by atoms with Crippen LogP contribution in [0.5, 0.6) is 0 Å². The second-order valence-electron chi connectivity index (χ2n) is 3.87. The lowest BCUT2D eigenvalue weighted by Gasteiger charge is -1.99. The van der Waals surface area contributed by atoms with E-state index in [0.29, 0.717) is 25.0 Å². The number of carbonyl (C=O) groups excluding carboxylic acids is 2. The maximum atomic E-state index is 11.2. The molecule has 0 radical (unpaired) electrons. The summed E-state index contributed by atoms with van der Waals surface area (Å²) in [6.07, 6.45) is 10.7. The first-order valence-electron chi connectivity index (χ1n) is 6.04. The van der Waals surface area contributed by atoms with Crippen molar-refractivity contribution in [1.29, 1.82) is 0 Å². The molecule has 0 aromatic rings. The molecular weight excluding hydrogens is 200 g/mol. The Balaban J connectivity index is 3.33. The number of unbranched alkanes of at least 4 members (excludes halogenated alkanes) is 3. The molecule has 0 saturated heterocycles. The van der Waals surface area contributed by atoms with Crippen molar-refractivity contribution in [2.75, 3.05) is 0 Å². The van der Waals surface area contributed by atoms with E-state index < -0.39 is 0 Å². The minimum absolute atomic E-state index is 0.157. The summed E-state index contributed by atoms with van der Waals surface area (Å²) in [5, 5.41) is 0. The fraction of sp³-hybridized carbons (Fsp3) is 0.571. The highest BCUT2D eigenvalue weighted by Gasteiger charge is 1.99. The van der Waals surface area contributed by atoms with Gasteiger partial charge in [0, 0.05) is 19.3 Å². The van der Waals surface area contributed by atoms with E-state index in [0.717, 1.165) is 25.7 Å². The van der Waals surface area contributed by atoms with Crippen LogP contribution in [0.1, 0.15) is 51.9 Å². The fourth-order valence-electron chi connectivity index (χ4n) is 1.41. The van der Waals surface area contributed by atoms with Gasteiger partial charge < -0.3 is 0 Å². The van der Waals surface area contributed by atoms with Crippen molar-refractivity contribution in [3.63, 3.8) is 0 Å². The first-order chi connectivity index (χ1) is 7.70. The van der Waals surface area contributed by atoms with Crippen molar-refractivity contribution < 1.29 is 9.59 Å². The zero-order chi connectivity index (χ0) is 12.2. The van der Waals surface area contributed by atoms with Gasteiger partial charge in [0.25, 0.3) is 0 Å². The van der Waals surface area contributed by atoms with Crippen molar-refractivity contribution in [3.8, 4) is 0 Å². The molecule has 0 rings (SSSR count). The Bertz CT molecular complexity index is 251. The number of ketones is 2. The molecule has 0 aliphatic heterocycles. The van der Waals surface area contributed by atoms with Gasteiger partial charge in [0.1, 0.15) is 5.78 Å². The van der Waals surface area contributed by atoms with Crippen LogP contribution in [0.2, 0.25) is 0 Å². The van der Waals surface area contributed by atoms with Gasteiger partial charge in [-0.25, -0.2) is 0 Å². The summed E-state index contributed by atoms with van der Waals surface area (Å²) < 4.78 is 0. The summed E-state index contributed by atoms with van der Waals surface area (Å²) in [5.41, 5.74) is 0. The SMILES string of the molecule is C=C/C=C/C(=O)CCCCCCC(=O)CC. The molecular formula is C14H22O2. The van der Waals surface area contributed by atoms with Gasteiger partial charge in [0.2, 0.25) is 0 Å². The molecule has 0 aliphatic carbocycles. The van der Waals surface area contributed by atoms with Crippen molar-refractivity contribution in [3.05, 3.63) is 24.8 Å². The number of hydrogen-bond donors (Lipinski definition) is 0. The highest BCUT2D eigenvalue weighted by atomic mass is 16.1. The fourth-order valence-corrected chi connectivity index (χ4v) is 1.41. The van der Waals surface area contributed by atoms with Gasteiger partial charge in [-0.3, -0.25) is 9.59 Å². The molecule has 0 aromatic carbocycles. The smallest absolute Gasteiger partial charge is 0.155 e. The molecule has 0 fully saturated rings. The highest BCUT2D eigenvalue weighted by molar-refractivity contribution is 5.89. The summed E-state index contributed by atoms with van der Waals surface area (Å²) >= 11 is 0. The lowest BCUT2D eigenvalue weighted by Crippen LogP contribution is -1.95. The molecule has 0 heterocycles. The normalized spacial score (nSPS) is 10.6. The minimum Gasteiger partial charge on any atom is -0.300 e. The molecule has 0 spiro atoms. The summed E-state index contributed by atoms with van der Waals surface area (Å²) in [7, 11) is 0. The van der Waals surface area contributed by atoms with E-state index in [1.807, 2.05) is 6.92 Å². The number of Topliss-reactive ketones (excluding diaryl/α,β-unsaturated/α-hetero) is 1. The molecule has 0 N–H and O–H groups in total. The average Bonchev–Trinajstić information content (AvgIpc) is 2.30. The van der Waals surface area contributed by atoms with E-state index in [2.05, 4.69) is 6.58 Å². The molecule has 0 atom stereocenters. The van der Waals surface area contributed by atoms with Crippen LogP contribution < -0.4 is 0 Å². The molecule has 0 unspecified atom stereocenters. The predicted octanol–water partition coefficient (Wildman–Crippen LogP) is 3.62. The van der Waals surface area contributed by atoms with Crippen molar-refractivity contribution >= 4 is 11.6 Å². The van der Waals surface area contributed by atoms with Crippen molar-refractivity contribution in [2.45, 2.75) is 51.9 Å². The Kier molecular flexibility index (Phi) is 9.58. The predicted molar refractivity (Wildman–Crippen MR) is 67.3 cm³/mol. The van der Waals surface area contributed by atoms with Crippen LogP contribution in [0, 0.1) is 0 Å². The van der Waals surface area contributed by atoms with E-state index in [1.165, 1.54) is 0 Å². The first-order valence-corrected chi connectivity index (χ1v) is 6.04. The molecule has 16 heavy (non-hydrogen) atoms. The molecule has 2 heteroatoms. The Morgan fingerprint density at radius 3 is 2.25 bits per heavy atom. The molecule has 90 valence electrons. The van der Waals surface area contributed by atoms with Crippen molar-refractivity contribution in [2.24, 2.45) is 0 Å². The maximum Gasteiger partial charge on any atom is 0.155 e. The Labute approximate surface area is 98.4 Å². The van der Waals surface area contributed by atoms with Gasteiger partial charge in [-0.2, -0.15) is 0 Å². The average molecular weight is 222 g/mol. The third kappa shape index (κ3) is 9.38. The van der Waals surface area contributed by atoms with E-state index in [-0.39, 0.29) is 5.78 Å². The van der Waals surface area contributed by atoms with Crippen LogP contribution in [0.3, 0.4) is 0 Å². The van der Waals surface area contributed by atoms with Gasteiger partial charge in [0.15, 0.2) is 5.78 Å². The Morgan fingerprint density at radius 1 is 1.06 bits per heavy atom. The topological polar surface area (TPSA) is 34.1 Å². The zero-order valence-corrected chi connectivity index (χ0v) is 10.2. The van der Waals surface area contributed by atoms with Gasteiger partial charge in [-0.15, -0.1) is 0 Å². The Morgan fingerprint density at radius 2 is 1.69 bits per heavy atom. The molecule has 0 amide bonds. The van der Waals surface area contributed by atoms with Gasteiger partial charge in [-0.05, 0) is 18.9 Å². The van der Waals surface area contributed by atoms with Gasteiger partial charge in [-0.1, -0.05) is 38.5 Å². The van der Waals surface area contributed by atoms with E-state index in [1.54, 1.807) is 18.2 Å². The number of allylic oxidation sites excluding steroid dienone is 3. The summed E-state index contributed by atoms with van der Waals surface area (Å²) in [4.78, 5) is 22.2. The second-order valence-corrected chi connectivity index (χ2v) is 3.87. The monoisotopic (exact) mass is 222 g/mol. The van der Waals surface area contributed by atoms with Crippen LogP contribution in [0.4, 0.5) is 0 Å². The molecule has 0 aromatic heterocycles. The third-order valence-electron chi connectivity index (χ3n) is 2.44. The second kappa shape index (κ2) is 10.3. The van der Waals surface area contributed by atoms with Gasteiger partial charge >= 0.3 is 0 Å². The largest absolute Gasteiger partial charge is 0.300 e. The quantitative estimate of drug-likeness (QED) is 0.321. The van der Waals surface area contributed by atoms with E-state index in [4.69, 9.17) is 0 Å². The summed E-state index contributed by atoms with van der Waals surface area (Å²) in [6.45, 7) is 5.40. The van der Waals surface area contributed by atoms with Crippen LogP contribution in [0.25, 0.3) is 0 Å². The van der Waals surface area contributed by atoms with E-state index >= 15 is 0 Å². The molecule has 0 aliphatic rings. The number of rotatable bonds is 10. The van der Waals surface area contributed by atoms with Gasteiger partial charge in [0.05, 0.1) is 0 Å². The Hall–Kier alpha value is -1.18. The van der Waals surface area contributed by atoms with Crippen LogP contribution in [-0.4, -0.2) is 11.6 Å². The standard InChI is InChI=1S/C14H22O2/c1-3-5-10-14(16)12-9-7-6-8-11-13(15)4-2/h3,5,10H,1,4,6-9,11-12H2,2H3/b10-5+. The lowest BCUT2D eigenvalue weighted by atomic mass is 10.1. The van der Waals surface area contributed by atoms with Crippen LogP contribution in [-0.2, 0) is 9.59 Å². The first kappa shape index (κ1) is 14.8. The number of carbonyl (C=O) groups is 2. The maximum absolute atomic E-state index is 11.2. The number of hydrogen-bond acceptors (Lipinski definition) is 2. The lowest BCUT2D eigenvalue weighted by molar-refractivity contribution is -0.119. The minimum atomic E-state index is 0.157. The van der Waals surface area contributed by atoms with E-state index in [9.17, 15) is 9.59 Å². The molecule has 2 nitrogen and oxygen atoms in total. The highest BCUT2D eigenvalue weighted by Crippen LogP contribution is 2.07. The van der Waals surface area contributed by atoms with Crippen molar-refractivity contribution in [1.82, 2.24) is 0 Å².